The number of aliphatic hydroxyl groups is 2. The monoisotopic (exact) mass is 529 g/mol. The number of likely N-dealkylation sites (tertiary alicyclic amines) is 1. The van der Waals surface area contributed by atoms with Crippen molar-refractivity contribution in [1.82, 2.24) is 34.6 Å². The number of fused-ring (bicyclic) bond motifs is 1. The van der Waals surface area contributed by atoms with Crippen molar-refractivity contribution in [3.63, 3.8) is 0 Å². The fraction of sp³-hybridized carbons (Fsp3) is 0.769. The lowest BCUT2D eigenvalue weighted by atomic mass is 10.1. The van der Waals surface area contributed by atoms with Crippen molar-refractivity contribution >= 4 is 28.8 Å². The summed E-state index contributed by atoms with van der Waals surface area (Å²) in [7, 11) is 4.20. The number of piperidine rings is 1. The molecule has 0 unspecified atom stereocenters. The first kappa shape index (κ1) is 27.0. The number of carbonyl (C=O) groups is 1. The summed E-state index contributed by atoms with van der Waals surface area (Å²) in [6, 6.07) is -0.554. The molecule has 2 aromatic heterocycles. The van der Waals surface area contributed by atoms with Gasteiger partial charge in [0.2, 0.25) is 11.9 Å². The first-order valence-electron chi connectivity index (χ1n) is 14.1. The van der Waals surface area contributed by atoms with Crippen LogP contribution in [0.5, 0.6) is 0 Å². The molecular formula is C26H43N9O3. The second-order valence-corrected chi connectivity index (χ2v) is 11.2. The van der Waals surface area contributed by atoms with E-state index in [1.165, 1.54) is 19.3 Å². The van der Waals surface area contributed by atoms with Gasteiger partial charge in [-0.05, 0) is 52.9 Å². The van der Waals surface area contributed by atoms with Gasteiger partial charge in [-0.3, -0.25) is 4.79 Å². The molecule has 5 rings (SSSR count). The van der Waals surface area contributed by atoms with Crippen molar-refractivity contribution in [2.75, 3.05) is 63.6 Å². The number of amides is 1. The molecule has 210 valence electrons. The molecule has 1 saturated carbocycles. The lowest BCUT2D eigenvalue weighted by molar-refractivity contribution is -0.122. The van der Waals surface area contributed by atoms with Crippen LogP contribution in [0.15, 0.2) is 6.33 Å². The molecule has 4 heterocycles. The Hall–Kier alpha value is -2.54. The Kier molecular flexibility index (Phi) is 8.32. The smallest absolute Gasteiger partial charge is 0.229 e. The Labute approximate surface area is 224 Å². The predicted molar refractivity (Wildman–Crippen MR) is 146 cm³/mol. The molecule has 0 aromatic carbocycles. The van der Waals surface area contributed by atoms with Crippen molar-refractivity contribution in [3.05, 3.63) is 6.33 Å². The summed E-state index contributed by atoms with van der Waals surface area (Å²) in [5.74, 6) is 1.19. The maximum Gasteiger partial charge on any atom is 0.229 e. The second kappa shape index (κ2) is 11.7. The molecule has 1 amide bonds. The highest BCUT2D eigenvalue weighted by Crippen LogP contribution is 2.35. The van der Waals surface area contributed by atoms with E-state index in [2.05, 4.69) is 44.4 Å². The molecule has 2 aliphatic heterocycles. The number of rotatable bonds is 9. The zero-order valence-electron chi connectivity index (χ0n) is 22.9. The van der Waals surface area contributed by atoms with E-state index in [4.69, 9.17) is 9.97 Å². The van der Waals surface area contributed by atoms with E-state index in [9.17, 15) is 15.0 Å². The topological polar surface area (TPSA) is 135 Å². The van der Waals surface area contributed by atoms with Gasteiger partial charge in [-0.15, -0.1) is 0 Å². The Morgan fingerprint density at radius 2 is 1.92 bits per heavy atom. The minimum atomic E-state index is -1.06. The van der Waals surface area contributed by atoms with Gasteiger partial charge in [-0.2, -0.15) is 9.97 Å². The largest absolute Gasteiger partial charge is 0.388 e. The minimum Gasteiger partial charge on any atom is -0.388 e. The summed E-state index contributed by atoms with van der Waals surface area (Å²) in [5.41, 5.74) is 1.28. The molecule has 12 nitrogen and oxygen atoms in total. The molecule has 0 spiro atoms. The van der Waals surface area contributed by atoms with Gasteiger partial charge >= 0.3 is 0 Å². The third-order valence-corrected chi connectivity index (χ3v) is 8.43. The average Bonchev–Trinajstić information content (AvgIpc) is 3.64. The number of carbonyl (C=O) groups excluding carboxylic acids is 1. The standard InChI is InChI=1S/C26H43N9O3/c1-4-20(36)29-18-14-19(23(38)22(18)37)35-16-28-21-24(27-9-13-33-10-6-5-7-11-33)30-26(31-25(21)35)34-12-8-17(15-34)32(2)3/h16-19,22-23,37-38H,4-15H2,1-3H3,(H,29,36)(H,27,30,31)/t17-,18+,19-,22-,23+/m1/s1. The number of nitrogens with zero attached hydrogens (tertiary/aromatic N) is 7. The van der Waals surface area contributed by atoms with Crippen LogP contribution in [0.3, 0.4) is 0 Å². The predicted octanol–water partition coefficient (Wildman–Crippen LogP) is 0.426. The minimum absolute atomic E-state index is 0.147. The van der Waals surface area contributed by atoms with E-state index in [0.717, 1.165) is 45.7 Å². The number of hydrogen-bond donors (Lipinski definition) is 4. The fourth-order valence-corrected chi connectivity index (χ4v) is 6.01. The summed E-state index contributed by atoms with van der Waals surface area (Å²) in [6.07, 6.45) is 5.14. The number of anilines is 2. The molecule has 2 aromatic rings. The fourth-order valence-electron chi connectivity index (χ4n) is 6.01. The Balaban J connectivity index is 1.43. The molecule has 0 bridgehead atoms. The van der Waals surface area contributed by atoms with Gasteiger partial charge in [0, 0.05) is 38.6 Å². The highest BCUT2D eigenvalue weighted by atomic mass is 16.3. The van der Waals surface area contributed by atoms with E-state index in [1.807, 2.05) is 4.57 Å². The molecule has 12 heteroatoms. The molecule has 2 saturated heterocycles. The summed E-state index contributed by atoms with van der Waals surface area (Å²) in [4.78, 5) is 33.4. The van der Waals surface area contributed by atoms with Gasteiger partial charge in [0.1, 0.15) is 12.2 Å². The van der Waals surface area contributed by atoms with Crippen LogP contribution in [0, 0.1) is 0 Å². The average molecular weight is 530 g/mol. The van der Waals surface area contributed by atoms with E-state index in [1.54, 1.807) is 13.3 Å². The number of aliphatic hydroxyl groups excluding tert-OH is 2. The summed E-state index contributed by atoms with van der Waals surface area (Å²) in [5, 5.41) is 28.0. The van der Waals surface area contributed by atoms with Crippen molar-refractivity contribution in [2.24, 2.45) is 0 Å². The zero-order chi connectivity index (χ0) is 26.8. The van der Waals surface area contributed by atoms with Crippen LogP contribution in [-0.2, 0) is 4.79 Å². The van der Waals surface area contributed by atoms with E-state index in [0.29, 0.717) is 41.8 Å². The number of aromatic nitrogens is 4. The van der Waals surface area contributed by atoms with E-state index < -0.39 is 24.3 Å². The maximum absolute atomic E-state index is 12.0. The van der Waals surface area contributed by atoms with Crippen LogP contribution in [0.2, 0.25) is 0 Å². The van der Waals surface area contributed by atoms with Gasteiger partial charge in [0.25, 0.3) is 0 Å². The van der Waals surface area contributed by atoms with Crippen LogP contribution >= 0.6 is 0 Å². The normalized spacial score (nSPS) is 28.5. The molecule has 3 fully saturated rings. The number of imidazole rings is 1. The van der Waals surface area contributed by atoms with Gasteiger partial charge in [0.15, 0.2) is 17.0 Å². The number of hydrogen-bond acceptors (Lipinski definition) is 10. The van der Waals surface area contributed by atoms with Gasteiger partial charge in [-0.1, -0.05) is 13.3 Å². The lowest BCUT2D eigenvalue weighted by Gasteiger charge is -2.26. The second-order valence-electron chi connectivity index (χ2n) is 11.2. The third-order valence-electron chi connectivity index (χ3n) is 8.43. The van der Waals surface area contributed by atoms with Crippen molar-refractivity contribution in [3.8, 4) is 0 Å². The lowest BCUT2D eigenvalue weighted by Crippen LogP contribution is -2.42. The van der Waals surface area contributed by atoms with Crippen LogP contribution in [0.4, 0.5) is 11.8 Å². The Morgan fingerprint density at radius 1 is 1.13 bits per heavy atom. The SMILES string of the molecule is CCC(=O)N[C@H]1C[C@@H](n2cnc3c(NCCN4CCCCC4)nc(N4CC[C@@H](N(C)C)C4)nc32)[C@H](O)[C@@H]1O. The molecule has 4 N–H and O–H groups in total. The molecule has 5 atom stereocenters. The quantitative estimate of drug-likeness (QED) is 0.362. The van der Waals surface area contributed by atoms with Crippen molar-refractivity contribution in [2.45, 2.75) is 75.8 Å². The van der Waals surface area contributed by atoms with E-state index >= 15 is 0 Å². The van der Waals surface area contributed by atoms with Crippen LogP contribution in [0.25, 0.3) is 11.2 Å². The third kappa shape index (κ3) is 5.58. The first-order valence-corrected chi connectivity index (χ1v) is 14.1. The maximum atomic E-state index is 12.0. The molecular weight excluding hydrogens is 486 g/mol. The Morgan fingerprint density at radius 3 is 2.63 bits per heavy atom. The van der Waals surface area contributed by atoms with Gasteiger partial charge < -0.3 is 40.1 Å². The molecule has 38 heavy (non-hydrogen) atoms. The summed E-state index contributed by atoms with van der Waals surface area (Å²) < 4.78 is 1.85. The highest BCUT2D eigenvalue weighted by Gasteiger charge is 2.44. The van der Waals surface area contributed by atoms with Gasteiger partial charge in [0.05, 0.1) is 18.4 Å². The molecule has 0 radical (unpaired) electrons. The summed E-state index contributed by atoms with van der Waals surface area (Å²) >= 11 is 0. The van der Waals surface area contributed by atoms with Crippen LogP contribution in [0.1, 0.15) is 51.5 Å². The molecule has 1 aliphatic carbocycles. The van der Waals surface area contributed by atoms with E-state index in [-0.39, 0.29) is 5.91 Å². The summed E-state index contributed by atoms with van der Waals surface area (Å²) in [6.45, 7) is 7.46. The van der Waals surface area contributed by atoms with Crippen LogP contribution < -0.4 is 15.5 Å². The number of nitrogens with one attached hydrogen (secondary N) is 2. The highest BCUT2D eigenvalue weighted by molar-refractivity contribution is 5.84. The number of likely N-dealkylation sites (N-methyl/N-ethyl adjacent to an activating group) is 1. The van der Waals surface area contributed by atoms with Crippen molar-refractivity contribution < 1.29 is 15.0 Å². The first-order chi connectivity index (χ1) is 18.4. The molecule has 3 aliphatic rings. The van der Waals surface area contributed by atoms with Crippen molar-refractivity contribution in [1.29, 1.82) is 0 Å². The Bertz CT molecular complexity index is 1100. The zero-order valence-corrected chi connectivity index (χ0v) is 22.9. The van der Waals surface area contributed by atoms with Gasteiger partial charge in [-0.25, -0.2) is 4.98 Å². The van der Waals surface area contributed by atoms with Crippen LogP contribution in [-0.4, -0.2) is 123 Å².